The van der Waals surface area contributed by atoms with Gasteiger partial charge in [0.15, 0.2) is 6.29 Å². The van der Waals surface area contributed by atoms with Crippen LogP contribution in [0.4, 0.5) is 0 Å². The Bertz CT molecular complexity index is 271. The summed E-state index contributed by atoms with van der Waals surface area (Å²) in [5.41, 5.74) is 1.16. The van der Waals surface area contributed by atoms with Crippen molar-refractivity contribution in [2.45, 2.75) is 25.7 Å². The van der Waals surface area contributed by atoms with Gasteiger partial charge in [-0.1, -0.05) is 37.3 Å². The predicted octanol–water partition coefficient (Wildman–Crippen LogP) is 2.10. The quantitative estimate of drug-likeness (QED) is 0.713. The topological polar surface area (TPSA) is 29.5 Å². The first-order valence-electron chi connectivity index (χ1n) is 4.66. The van der Waals surface area contributed by atoms with Crippen LogP contribution in [0.2, 0.25) is 0 Å². The number of benzene rings is 1. The summed E-state index contributed by atoms with van der Waals surface area (Å²) in [4.78, 5) is 0. The molecule has 0 radical (unpaired) electrons. The monoisotopic (exact) mass is 178 g/mol. The molecule has 0 spiro atoms. The number of ether oxygens (including phenoxy) is 1. The van der Waals surface area contributed by atoms with Crippen molar-refractivity contribution in [1.29, 1.82) is 0 Å². The second-order valence-corrected chi connectivity index (χ2v) is 3.64. The molecule has 0 amide bonds. The van der Waals surface area contributed by atoms with Crippen molar-refractivity contribution in [3.05, 3.63) is 35.9 Å². The van der Waals surface area contributed by atoms with E-state index in [1.807, 2.05) is 30.3 Å². The molecule has 1 aliphatic rings. The van der Waals surface area contributed by atoms with Gasteiger partial charge in [-0.2, -0.15) is 0 Å². The van der Waals surface area contributed by atoms with Gasteiger partial charge in [-0.15, -0.1) is 0 Å². The van der Waals surface area contributed by atoms with E-state index in [2.05, 4.69) is 6.92 Å². The molecule has 1 aromatic carbocycles. The molecule has 1 heterocycles. The average molecular weight is 178 g/mol. The number of aliphatic hydroxyl groups is 1. The van der Waals surface area contributed by atoms with E-state index in [0.717, 1.165) is 12.0 Å². The summed E-state index contributed by atoms with van der Waals surface area (Å²) in [5, 5.41) is 9.31. The van der Waals surface area contributed by atoms with Crippen LogP contribution >= 0.6 is 0 Å². The zero-order chi connectivity index (χ0) is 9.26. The average Bonchev–Trinajstić information content (AvgIpc) is 2.47. The minimum Gasteiger partial charge on any atom is -0.368 e. The summed E-state index contributed by atoms with van der Waals surface area (Å²) >= 11 is 0. The Morgan fingerprint density at radius 3 is 2.54 bits per heavy atom. The van der Waals surface area contributed by atoms with Crippen LogP contribution in [0.5, 0.6) is 0 Å². The lowest BCUT2D eigenvalue weighted by molar-refractivity contribution is -0.0931. The Kier molecular flexibility index (Phi) is 2.34. The van der Waals surface area contributed by atoms with Gasteiger partial charge in [0.25, 0.3) is 0 Å². The van der Waals surface area contributed by atoms with Crippen LogP contribution in [0, 0.1) is 5.92 Å². The number of hydrogen-bond donors (Lipinski definition) is 1. The van der Waals surface area contributed by atoms with Gasteiger partial charge in [0.1, 0.15) is 0 Å². The molecule has 0 aromatic heterocycles. The Morgan fingerprint density at radius 1 is 1.31 bits per heavy atom. The highest BCUT2D eigenvalue weighted by Gasteiger charge is 2.31. The van der Waals surface area contributed by atoms with Crippen LogP contribution in [0.3, 0.4) is 0 Å². The Labute approximate surface area is 78.2 Å². The van der Waals surface area contributed by atoms with E-state index in [9.17, 15) is 5.11 Å². The molecular formula is C11H14O2. The summed E-state index contributed by atoms with van der Waals surface area (Å²) in [6, 6.07) is 10.1. The zero-order valence-corrected chi connectivity index (χ0v) is 7.68. The van der Waals surface area contributed by atoms with Gasteiger partial charge in [0.2, 0.25) is 0 Å². The van der Waals surface area contributed by atoms with Crippen molar-refractivity contribution in [3.63, 3.8) is 0 Å². The minimum atomic E-state index is -0.583. The van der Waals surface area contributed by atoms with E-state index >= 15 is 0 Å². The maximum atomic E-state index is 9.31. The van der Waals surface area contributed by atoms with Crippen LogP contribution < -0.4 is 0 Å². The van der Waals surface area contributed by atoms with Gasteiger partial charge < -0.3 is 9.84 Å². The molecule has 2 rings (SSSR count). The van der Waals surface area contributed by atoms with Gasteiger partial charge in [-0.25, -0.2) is 0 Å². The molecule has 0 aliphatic carbocycles. The first-order valence-corrected chi connectivity index (χ1v) is 4.66. The third kappa shape index (κ3) is 1.74. The fourth-order valence-corrected chi connectivity index (χ4v) is 1.85. The first kappa shape index (κ1) is 8.73. The zero-order valence-electron chi connectivity index (χ0n) is 7.68. The lowest BCUT2D eigenvalue weighted by atomic mass is 9.97. The van der Waals surface area contributed by atoms with Gasteiger partial charge >= 0.3 is 0 Å². The summed E-state index contributed by atoms with van der Waals surface area (Å²) in [6.07, 6.45) is 0.218. The standard InChI is InChI=1S/C11H14O2/c1-8-7-10(12)13-11(8)9-5-3-2-4-6-9/h2-6,8,10-12H,7H2,1H3/t8-,10?,11+/m1/s1. The van der Waals surface area contributed by atoms with Crippen molar-refractivity contribution in [2.75, 3.05) is 0 Å². The van der Waals surface area contributed by atoms with Gasteiger partial charge in [0.05, 0.1) is 6.10 Å². The van der Waals surface area contributed by atoms with Crippen LogP contribution in [-0.2, 0) is 4.74 Å². The molecule has 1 unspecified atom stereocenters. The summed E-state index contributed by atoms with van der Waals surface area (Å²) in [5.74, 6) is 0.400. The highest BCUT2D eigenvalue weighted by Crippen LogP contribution is 2.36. The number of aliphatic hydroxyl groups excluding tert-OH is 1. The van der Waals surface area contributed by atoms with E-state index in [4.69, 9.17) is 4.74 Å². The van der Waals surface area contributed by atoms with Crippen molar-refractivity contribution >= 4 is 0 Å². The molecule has 1 fully saturated rings. The van der Waals surface area contributed by atoms with Crippen molar-refractivity contribution in [2.24, 2.45) is 5.92 Å². The van der Waals surface area contributed by atoms with E-state index in [1.54, 1.807) is 0 Å². The minimum absolute atomic E-state index is 0.0659. The van der Waals surface area contributed by atoms with Crippen LogP contribution in [0.15, 0.2) is 30.3 Å². The second-order valence-electron chi connectivity index (χ2n) is 3.64. The number of rotatable bonds is 1. The van der Waals surface area contributed by atoms with Gasteiger partial charge in [0, 0.05) is 6.42 Å². The fourth-order valence-electron chi connectivity index (χ4n) is 1.85. The van der Waals surface area contributed by atoms with Crippen LogP contribution in [0.25, 0.3) is 0 Å². The molecule has 70 valence electrons. The molecule has 2 nitrogen and oxygen atoms in total. The van der Waals surface area contributed by atoms with Crippen LogP contribution in [0.1, 0.15) is 25.0 Å². The van der Waals surface area contributed by atoms with E-state index in [-0.39, 0.29) is 6.10 Å². The summed E-state index contributed by atoms with van der Waals surface area (Å²) < 4.78 is 5.42. The summed E-state index contributed by atoms with van der Waals surface area (Å²) in [6.45, 7) is 2.11. The van der Waals surface area contributed by atoms with Crippen molar-refractivity contribution in [3.8, 4) is 0 Å². The largest absolute Gasteiger partial charge is 0.368 e. The van der Waals surface area contributed by atoms with Gasteiger partial charge in [-0.3, -0.25) is 0 Å². The molecule has 1 aromatic rings. The first-order chi connectivity index (χ1) is 6.27. The molecule has 0 bridgehead atoms. The molecule has 1 saturated heterocycles. The highest BCUT2D eigenvalue weighted by atomic mass is 16.6. The van der Waals surface area contributed by atoms with E-state index in [0.29, 0.717) is 5.92 Å². The maximum Gasteiger partial charge on any atom is 0.155 e. The number of hydrogen-bond acceptors (Lipinski definition) is 2. The highest BCUT2D eigenvalue weighted by molar-refractivity contribution is 5.18. The van der Waals surface area contributed by atoms with E-state index in [1.165, 1.54) is 0 Å². The molecule has 3 atom stereocenters. The molecule has 2 heteroatoms. The van der Waals surface area contributed by atoms with Gasteiger partial charge in [-0.05, 0) is 11.5 Å². The molecule has 13 heavy (non-hydrogen) atoms. The van der Waals surface area contributed by atoms with E-state index < -0.39 is 6.29 Å². The second kappa shape index (κ2) is 3.48. The van der Waals surface area contributed by atoms with Crippen LogP contribution in [-0.4, -0.2) is 11.4 Å². The lowest BCUT2D eigenvalue weighted by Gasteiger charge is -2.14. The molecular weight excluding hydrogens is 164 g/mol. The summed E-state index contributed by atoms with van der Waals surface area (Å²) in [7, 11) is 0. The third-order valence-corrected chi connectivity index (χ3v) is 2.52. The Morgan fingerprint density at radius 2 is 2.00 bits per heavy atom. The predicted molar refractivity (Wildman–Crippen MR) is 50.1 cm³/mol. The van der Waals surface area contributed by atoms with Crippen molar-refractivity contribution < 1.29 is 9.84 Å². The molecule has 1 N–H and O–H groups in total. The Hall–Kier alpha value is -0.860. The fraction of sp³-hybridized carbons (Fsp3) is 0.455. The smallest absolute Gasteiger partial charge is 0.155 e. The third-order valence-electron chi connectivity index (χ3n) is 2.52. The lowest BCUT2D eigenvalue weighted by Crippen LogP contribution is -2.05. The Balaban J connectivity index is 2.18. The molecule has 0 saturated carbocycles. The normalized spacial score (nSPS) is 33.5. The molecule has 1 aliphatic heterocycles. The SMILES string of the molecule is C[C@@H]1CC(O)O[C@@H]1c1ccccc1. The maximum absolute atomic E-state index is 9.31. The van der Waals surface area contributed by atoms with Crippen molar-refractivity contribution in [1.82, 2.24) is 0 Å².